The molecule has 2 atom stereocenters. The van der Waals surface area contributed by atoms with Crippen LogP contribution in [0.25, 0.3) is 0 Å². The molecule has 2 fully saturated rings. The fourth-order valence-electron chi connectivity index (χ4n) is 4.54. The predicted octanol–water partition coefficient (Wildman–Crippen LogP) is 4.64. The molecule has 2 aliphatic heterocycles. The quantitative estimate of drug-likeness (QED) is 0.724. The van der Waals surface area contributed by atoms with Crippen LogP contribution >= 0.6 is 0 Å². The predicted molar refractivity (Wildman–Crippen MR) is 96.2 cm³/mol. The van der Waals surface area contributed by atoms with Crippen LogP contribution in [0.4, 0.5) is 0 Å². The second-order valence-corrected chi connectivity index (χ2v) is 7.11. The van der Waals surface area contributed by atoms with Gasteiger partial charge in [-0.15, -0.1) is 0 Å². The van der Waals surface area contributed by atoms with E-state index in [9.17, 15) is 0 Å². The lowest BCUT2D eigenvalue weighted by molar-refractivity contribution is -0.590. The van der Waals surface area contributed by atoms with Crippen LogP contribution in [0.2, 0.25) is 0 Å². The first-order valence-corrected chi connectivity index (χ1v) is 9.11. The van der Waals surface area contributed by atoms with Gasteiger partial charge in [0.1, 0.15) is 0 Å². The third-order valence-electron chi connectivity index (χ3n) is 5.56. The summed E-state index contributed by atoms with van der Waals surface area (Å²) in [6, 6.07) is 23.6. The molecule has 0 aliphatic carbocycles. The summed E-state index contributed by atoms with van der Waals surface area (Å²) in [4.78, 5) is 0. The van der Waals surface area contributed by atoms with E-state index >= 15 is 0 Å². The molecule has 23 heavy (non-hydrogen) atoms. The van der Waals surface area contributed by atoms with E-state index in [0.717, 1.165) is 24.9 Å². The molecule has 1 nitrogen and oxygen atoms in total. The van der Waals surface area contributed by atoms with Gasteiger partial charge in [-0.3, -0.25) is 0 Å². The minimum Gasteiger partial charge on any atom is -0.231 e. The summed E-state index contributed by atoms with van der Waals surface area (Å²) in [7, 11) is 0. The van der Waals surface area contributed by atoms with Crippen molar-refractivity contribution in [2.45, 2.75) is 57.0 Å². The van der Waals surface area contributed by atoms with E-state index in [0.29, 0.717) is 0 Å². The summed E-state index contributed by atoms with van der Waals surface area (Å²) in [5, 5.41) is 0. The van der Waals surface area contributed by atoms with E-state index in [4.69, 9.17) is 0 Å². The molecule has 0 spiro atoms. The molecule has 2 aliphatic rings. The average Bonchev–Trinajstić information content (AvgIpc) is 2.85. The average molecular weight is 304 g/mol. The Hall–Kier alpha value is -1.89. The Bertz CT molecular complexity index is 610. The molecule has 0 saturated carbocycles. The molecule has 2 heterocycles. The van der Waals surface area contributed by atoms with Crippen molar-refractivity contribution in [3.8, 4) is 0 Å². The largest absolute Gasteiger partial charge is 0.231 e. The van der Waals surface area contributed by atoms with Crippen LogP contribution in [0.3, 0.4) is 0 Å². The van der Waals surface area contributed by atoms with Crippen molar-refractivity contribution in [3.63, 3.8) is 0 Å². The number of benzene rings is 2. The van der Waals surface area contributed by atoms with Crippen LogP contribution in [-0.4, -0.2) is 22.4 Å². The number of rotatable bonds is 4. The lowest BCUT2D eigenvalue weighted by Crippen LogP contribution is -2.37. The summed E-state index contributed by atoms with van der Waals surface area (Å²) in [6.45, 7) is 0. The van der Waals surface area contributed by atoms with E-state index in [1.807, 2.05) is 0 Å². The maximum Gasteiger partial charge on any atom is 0.161 e. The minimum atomic E-state index is 0.802. The standard InChI is InChI=1S/C22H26N/c1-3-8-18(9-4-1)16-22(17-19-10-5-2-6-11-19)23-20-12-7-13-21(23)15-14-20/h1-6,8-11,20-21H,7,12-17H2/q+1. The van der Waals surface area contributed by atoms with Gasteiger partial charge in [-0.05, 0) is 17.5 Å². The van der Waals surface area contributed by atoms with Gasteiger partial charge in [0.05, 0.1) is 12.8 Å². The highest BCUT2D eigenvalue weighted by atomic mass is 15.1. The van der Waals surface area contributed by atoms with Crippen molar-refractivity contribution in [3.05, 3.63) is 71.8 Å². The number of hydrogen-bond acceptors (Lipinski definition) is 0. The zero-order valence-corrected chi connectivity index (χ0v) is 13.8. The van der Waals surface area contributed by atoms with E-state index < -0.39 is 0 Å². The fourth-order valence-corrected chi connectivity index (χ4v) is 4.54. The van der Waals surface area contributed by atoms with E-state index in [1.165, 1.54) is 43.2 Å². The SMILES string of the molecule is c1ccc(CC(Cc2ccccc2)=[N+]2C3CCCC2CC3)cc1. The van der Waals surface area contributed by atoms with Crippen LogP contribution in [-0.2, 0) is 12.8 Å². The molecule has 4 rings (SSSR count). The van der Waals surface area contributed by atoms with Gasteiger partial charge in [0.2, 0.25) is 0 Å². The van der Waals surface area contributed by atoms with Crippen molar-refractivity contribution >= 4 is 5.71 Å². The van der Waals surface area contributed by atoms with Crippen molar-refractivity contribution in [2.75, 3.05) is 0 Å². The number of nitrogens with zero attached hydrogens (tertiary/aromatic N) is 1. The molecule has 2 unspecified atom stereocenters. The Labute approximate surface area is 139 Å². The van der Waals surface area contributed by atoms with Crippen LogP contribution in [0.15, 0.2) is 60.7 Å². The van der Waals surface area contributed by atoms with E-state index in [-0.39, 0.29) is 0 Å². The van der Waals surface area contributed by atoms with Crippen molar-refractivity contribution in [1.29, 1.82) is 0 Å². The monoisotopic (exact) mass is 304 g/mol. The second-order valence-electron chi connectivity index (χ2n) is 7.11. The molecular weight excluding hydrogens is 278 g/mol. The Kier molecular flexibility index (Phi) is 4.28. The summed E-state index contributed by atoms with van der Waals surface area (Å²) < 4.78 is 2.82. The molecule has 0 aromatic heterocycles. The zero-order chi connectivity index (χ0) is 15.5. The Morgan fingerprint density at radius 1 is 0.696 bits per heavy atom. The first kappa shape index (κ1) is 14.7. The second kappa shape index (κ2) is 6.70. The number of piperidine rings is 1. The van der Waals surface area contributed by atoms with E-state index in [1.54, 1.807) is 5.71 Å². The van der Waals surface area contributed by atoms with Crippen LogP contribution in [0, 0.1) is 0 Å². The van der Waals surface area contributed by atoms with Gasteiger partial charge < -0.3 is 0 Å². The van der Waals surface area contributed by atoms with Crippen molar-refractivity contribution in [2.24, 2.45) is 0 Å². The van der Waals surface area contributed by atoms with Gasteiger partial charge in [0.25, 0.3) is 0 Å². The zero-order valence-electron chi connectivity index (χ0n) is 13.8. The summed E-state index contributed by atoms with van der Waals surface area (Å²) in [5.74, 6) is 0. The Balaban J connectivity index is 1.69. The first-order valence-electron chi connectivity index (χ1n) is 9.11. The molecule has 118 valence electrons. The van der Waals surface area contributed by atoms with Crippen molar-refractivity contribution < 1.29 is 4.58 Å². The Morgan fingerprint density at radius 2 is 1.17 bits per heavy atom. The van der Waals surface area contributed by atoms with Crippen LogP contribution in [0.5, 0.6) is 0 Å². The highest BCUT2D eigenvalue weighted by Gasteiger charge is 2.42. The van der Waals surface area contributed by atoms with Crippen molar-refractivity contribution in [1.82, 2.24) is 0 Å². The first-order chi connectivity index (χ1) is 11.4. The van der Waals surface area contributed by atoms with Gasteiger partial charge in [-0.1, -0.05) is 60.7 Å². The molecule has 1 heteroatoms. The third kappa shape index (κ3) is 3.24. The molecule has 0 N–H and O–H groups in total. The van der Waals surface area contributed by atoms with Crippen LogP contribution in [0.1, 0.15) is 43.2 Å². The maximum absolute atomic E-state index is 2.82. The van der Waals surface area contributed by atoms with Gasteiger partial charge >= 0.3 is 0 Å². The number of hydrogen-bond donors (Lipinski definition) is 0. The minimum absolute atomic E-state index is 0.802. The molecule has 2 aromatic rings. The van der Waals surface area contributed by atoms with Gasteiger partial charge in [-0.25, -0.2) is 4.58 Å². The molecule has 0 amide bonds. The summed E-state index contributed by atoms with van der Waals surface area (Å²) >= 11 is 0. The smallest absolute Gasteiger partial charge is 0.161 e. The molecule has 2 bridgehead atoms. The summed E-state index contributed by atoms with van der Waals surface area (Å²) in [6.07, 6.45) is 9.21. The topological polar surface area (TPSA) is 3.01 Å². The lowest BCUT2D eigenvalue weighted by atomic mass is 9.98. The van der Waals surface area contributed by atoms with Gasteiger partial charge in [0, 0.05) is 25.7 Å². The normalized spacial score (nSPS) is 23.0. The summed E-state index contributed by atoms with van der Waals surface area (Å²) in [5.41, 5.74) is 4.53. The lowest BCUT2D eigenvalue weighted by Gasteiger charge is -2.22. The van der Waals surface area contributed by atoms with E-state index in [2.05, 4.69) is 65.2 Å². The molecule has 2 saturated heterocycles. The molecule has 2 aromatic carbocycles. The van der Waals surface area contributed by atoms with Gasteiger partial charge in [0.15, 0.2) is 17.8 Å². The number of fused-ring (bicyclic) bond motifs is 2. The molecule has 0 radical (unpaired) electrons. The Morgan fingerprint density at radius 3 is 1.65 bits per heavy atom. The maximum atomic E-state index is 2.82. The van der Waals surface area contributed by atoms with Crippen LogP contribution < -0.4 is 0 Å². The highest BCUT2D eigenvalue weighted by Crippen LogP contribution is 2.33. The third-order valence-corrected chi connectivity index (χ3v) is 5.56. The van der Waals surface area contributed by atoms with Gasteiger partial charge in [-0.2, -0.15) is 0 Å². The highest BCUT2D eigenvalue weighted by molar-refractivity contribution is 5.84. The fraction of sp³-hybridized carbons (Fsp3) is 0.409. The molecular formula is C22H26N+.